The van der Waals surface area contributed by atoms with Gasteiger partial charge in [-0.3, -0.25) is 14.9 Å². The third-order valence-electron chi connectivity index (χ3n) is 4.38. The summed E-state index contributed by atoms with van der Waals surface area (Å²) in [4.78, 5) is 39.4. The molecule has 0 aliphatic heterocycles. The van der Waals surface area contributed by atoms with E-state index in [1.807, 2.05) is 42.5 Å². The van der Waals surface area contributed by atoms with Crippen LogP contribution < -0.4 is 16.4 Å². The van der Waals surface area contributed by atoms with Gasteiger partial charge in [0.25, 0.3) is 11.8 Å². The molecular formula is C20H19N7O2. The number of carbonyl (C=O) groups excluding carboxylic acids is 2. The molecule has 4 aromatic rings. The molecule has 0 saturated heterocycles. The second kappa shape index (κ2) is 7.95. The number of carbonyl (C=O) groups is 2. The third kappa shape index (κ3) is 3.85. The van der Waals surface area contributed by atoms with Gasteiger partial charge in [-0.05, 0) is 36.7 Å². The van der Waals surface area contributed by atoms with Crippen LogP contribution in [-0.4, -0.2) is 38.3 Å². The second-order valence-electron chi connectivity index (χ2n) is 6.33. The van der Waals surface area contributed by atoms with E-state index >= 15 is 0 Å². The number of anilines is 2. The lowest BCUT2D eigenvalue weighted by atomic mass is 10.1. The van der Waals surface area contributed by atoms with Gasteiger partial charge < -0.3 is 21.0 Å². The number of nitrogens with zero attached hydrogens (tertiary/aromatic N) is 2. The number of nitrogens with two attached hydrogens (primary N) is 1. The van der Waals surface area contributed by atoms with Gasteiger partial charge in [-0.25, -0.2) is 9.97 Å². The first-order valence-corrected chi connectivity index (χ1v) is 9.04. The van der Waals surface area contributed by atoms with Crippen molar-refractivity contribution in [1.82, 2.24) is 19.9 Å². The van der Waals surface area contributed by atoms with Gasteiger partial charge in [0.05, 0.1) is 17.4 Å². The first kappa shape index (κ1) is 18.4. The zero-order chi connectivity index (χ0) is 20.2. The standard InChI is InChI=1S/C20H19N7O2/c21-10-9-12-5-1-2-6-13(12)24-18(28)16-17(23-11-22-16)19(29)27-20-25-14-7-3-4-8-15(14)26-20/h1-8,11H,9-10,21H2,(H,22,23)(H,24,28)(H2,25,26,27,29). The molecule has 9 heteroatoms. The van der Waals surface area contributed by atoms with Gasteiger partial charge in [-0.15, -0.1) is 0 Å². The Hall–Kier alpha value is -3.98. The van der Waals surface area contributed by atoms with Gasteiger partial charge in [0, 0.05) is 5.69 Å². The highest BCUT2D eigenvalue weighted by Gasteiger charge is 2.22. The number of nitrogens with one attached hydrogen (secondary N) is 4. The molecule has 146 valence electrons. The average molecular weight is 389 g/mol. The molecule has 29 heavy (non-hydrogen) atoms. The van der Waals surface area contributed by atoms with Crippen LogP contribution in [0.4, 0.5) is 11.6 Å². The molecule has 6 N–H and O–H groups in total. The van der Waals surface area contributed by atoms with E-state index < -0.39 is 11.8 Å². The lowest BCUT2D eigenvalue weighted by molar-refractivity contribution is 0.0985. The van der Waals surface area contributed by atoms with E-state index in [2.05, 4.69) is 30.6 Å². The van der Waals surface area contributed by atoms with Crippen LogP contribution in [0.2, 0.25) is 0 Å². The largest absolute Gasteiger partial charge is 0.340 e. The smallest absolute Gasteiger partial charge is 0.276 e. The molecule has 0 bridgehead atoms. The van der Waals surface area contributed by atoms with Gasteiger partial charge in [-0.1, -0.05) is 30.3 Å². The average Bonchev–Trinajstić information content (AvgIpc) is 3.36. The van der Waals surface area contributed by atoms with E-state index in [-0.39, 0.29) is 17.3 Å². The molecule has 0 aliphatic rings. The predicted molar refractivity (Wildman–Crippen MR) is 110 cm³/mol. The fraction of sp³-hybridized carbons (Fsp3) is 0.100. The Bertz CT molecular complexity index is 1150. The van der Waals surface area contributed by atoms with Gasteiger partial charge >= 0.3 is 0 Å². The molecule has 9 nitrogen and oxygen atoms in total. The van der Waals surface area contributed by atoms with Gasteiger partial charge in [0.15, 0.2) is 5.69 Å². The Morgan fingerprint density at radius 2 is 1.79 bits per heavy atom. The molecule has 0 spiro atoms. The molecular weight excluding hydrogens is 370 g/mol. The van der Waals surface area contributed by atoms with Gasteiger partial charge in [-0.2, -0.15) is 0 Å². The maximum absolute atomic E-state index is 12.7. The van der Waals surface area contributed by atoms with E-state index in [9.17, 15) is 9.59 Å². The summed E-state index contributed by atoms with van der Waals surface area (Å²) < 4.78 is 0. The first-order chi connectivity index (χ1) is 14.2. The summed E-state index contributed by atoms with van der Waals surface area (Å²) in [6.07, 6.45) is 1.92. The second-order valence-corrected chi connectivity index (χ2v) is 6.33. The van der Waals surface area contributed by atoms with Crippen molar-refractivity contribution in [3.8, 4) is 0 Å². The van der Waals surface area contributed by atoms with Crippen molar-refractivity contribution in [2.24, 2.45) is 5.73 Å². The molecule has 0 fully saturated rings. The normalized spacial score (nSPS) is 10.8. The van der Waals surface area contributed by atoms with Crippen molar-refractivity contribution < 1.29 is 9.59 Å². The number of rotatable bonds is 6. The van der Waals surface area contributed by atoms with Crippen molar-refractivity contribution in [2.45, 2.75) is 6.42 Å². The molecule has 0 unspecified atom stereocenters. The molecule has 4 rings (SSSR count). The molecule has 2 aromatic heterocycles. The zero-order valence-electron chi connectivity index (χ0n) is 15.4. The summed E-state index contributed by atoms with van der Waals surface area (Å²) in [7, 11) is 0. The fourth-order valence-corrected chi connectivity index (χ4v) is 3.02. The maximum Gasteiger partial charge on any atom is 0.276 e. The molecule has 2 heterocycles. The number of para-hydroxylation sites is 3. The maximum atomic E-state index is 12.7. The van der Waals surface area contributed by atoms with Crippen LogP contribution in [0.3, 0.4) is 0 Å². The SMILES string of the molecule is NCCc1ccccc1NC(=O)c1nc[nH]c1C(=O)Nc1nc2ccccc2[nH]1. The number of hydrogen-bond donors (Lipinski definition) is 5. The summed E-state index contributed by atoms with van der Waals surface area (Å²) in [5.41, 5.74) is 8.72. The topological polar surface area (TPSA) is 142 Å². The molecule has 0 aliphatic carbocycles. The van der Waals surface area contributed by atoms with E-state index in [0.29, 0.717) is 18.7 Å². The van der Waals surface area contributed by atoms with Crippen LogP contribution in [0.15, 0.2) is 54.9 Å². The molecule has 0 radical (unpaired) electrons. The number of fused-ring (bicyclic) bond motifs is 1. The van der Waals surface area contributed by atoms with Crippen molar-refractivity contribution in [3.05, 3.63) is 71.8 Å². The number of benzene rings is 2. The molecule has 2 amide bonds. The van der Waals surface area contributed by atoms with Crippen LogP contribution in [0, 0.1) is 0 Å². The minimum Gasteiger partial charge on any atom is -0.340 e. The molecule has 2 aromatic carbocycles. The highest BCUT2D eigenvalue weighted by atomic mass is 16.2. The third-order valence-corrected chi connectivity index (χ3v) is 4.38. The Morgan fingerprint density at radius 1 is 1.00 bits per heavy atom. The van der Waals surface area contributed by atoms with Crippen LogP contribution in [-0.2, 0) is 6.42 Å². The number of imidazole rings is 2. The number of amides is 2. The van der Waals surface area contributed by atoms with Crippen molar-refractivity contribution in [1.29, 1.82) is 0 Å². The Labute approximate surface area is 165 Å². The zero-order valence-corrected chi connectivity index (χ0v) is 15.4. The highest BCUT2D eigenvalue weighted by molar-refractivity contribution is 6.13. The van der Waals surface area contributed by atoms with Crippen LogP contribution in [0.25, 0.3) is 11.0 Å². The van der Waals surface area contributed by atoms with Crippen LogP contribution in [0.5, 0.6) is 0 Å². The van der Waals surface area contributed by atoms with E-state index in [0.717, 1.165) is 16.6 Å². The lowest BCUT2D eigenvalue weighted by Crippen LogP contribution is -2.21. The quantitative estimate of drug-likeness (QED) is 0.344. The lowest BCUT2D eigenvalue weighted by Gasteiger charge is -2.10. The van der Waals surface area contributed by atoms with Gasteiger partial charge in [0.2, 0.25) is 5.95 Å². The van der Waals surface area contributed by atoms with Gasteiger partial charge in [0.1, 0.15) is 5.69 Å². The molecule has 0 saturated carbocycles. The summed E-state index contributed by atoms with van der Waals surface area (Å²) in [6.45, 7) is 0.459. The Balaban J connectivity index is 1.53. The monoisotopic (exact) mass is 389 g/mol. The van der Waals surface area contributed by atoms with Crippen LogP contribution >= 0.6 is 0 Å². The Kier molecular flexibility index (Phi) is 5.04. The number of aromatic amines is 2. The summed E-state index contributed by atoms with van der Waals surface area (Å²) >= 11 is 0. The number of hydrogen-bond acceptors (Lipinski definition) is 5. The minimum atomic E-state index is -0.526. The predicted octanol–water partition coefficient (Wildman–Crippen LogP) is 2.29. The highest BCUT2D eigenvalue weighted by Crippen LogP contribution is 2.18. The first-order valence-electron chi connectivity index (χ1n) is 9.04. The number of aromatic nitrogens is 4. The minimum absolute atomic E-state index is 0.0128. The summed E-state index contributed by atoms with van der Waals surface area (Å²) in [5, 5.41) is 5.45. The summed E-state index contributed by atoms with van der Waals surface area (Å²) in [5.74, 6) is -0.738. The van der Waals surface area contributed by atoms with Crippen molar-refractivity contribution in [2.75, 3.05) is 17.2 Å². The van der Waals surface area contributed by atoms with E-state index in [1.54, 1.807) is 6.07 Å². The summed E-state index contributed by atoms with van der Waals surface area (Å²) in [6, 6.07) is 14.8. The van der Waals surface area contributed by atoms with Crippen molar-refractivity contribution >= 4 is 34.5 Å². The molecule has 0 atom stereocenters. The van der Waals surface area contributed by atoms with Crippen molar-refractivity contribution in [3.63, 3.8) is 0 Å². The fourth-order valence-electron chi connectivity index (χ4n) is 3.02. The Morgan fingerprint density at radius 3 is 2.62 bits per heavy atom. The van der Waals surface area contributed by atoms with E-state index in [1.165, 1.54) is 6.33 Å². The van der Waals surface area contributed by atoms with Crippen LogP contribution in [0.1, 0.15) is 26.5 Å². The number of H-pyrrole nitrogens is 2. The van der Waals surface area contributed by atoms with E-state index in [4.69, 9.17) is 5.73 Å².